The van der Waals surface area contributed by atoms with E-state index in [4.69, 9.17) is 11.6 Å². The fraction of sp³-hybridized carbons (Fsp3) is 0.0526. The Morgan fingerprint density at radius 3 is 2.64 bits per heavy atom. The molecule has 3 nitrogen and oxygen atoms in total. The molecule has 25 heavy (non-hydrogen) atoms. The van der Waals surface area contributed by atoms with Gasteiger partial charge in [-0.15, -0.1) is 11.3 Å². The van der Waals surface area contributed by atoms with Gasteiger partial charge in [0, 0.05) is 25.6 Å². The summed E-state index contributed by atoms with van der Waals surface area (Å²) in [6.45, 7) is 2.12. The lowest BCUT2D eigenvalue weighted by Gasteiger charge is -2.09. The Kier molecular flexibility index (Phi) is 4.46. The van der Waals surface area contributed by atoms with E-state index in [9.17, 15) is 0 Å². The Balaban J connectivity index is 1.89. The normalized spacial score (nSPS) is 11.0. The number of nitrogens with zero attached hydrogens (tertiary/aromatic N) is 2. The molecule has 124 valence electrons. The van der Waals surface area contributed by atoms with Gasteiger partial charge in [-0.05, 0) is 42.8 Å². The molecule has 2 heterocycles. The highest BCUT2D eigenvalue weighted by atomic mass is 79.9. The van der Waals surface area contributed by atoms with E-state index in [2.05, 4.69) is 50.3 Å². The first-order valence-electron chi connectivity index (χ1n) is 7.64. The van der Waals surface area contributed by atoms with Crippen LogP contribution in [-0.2, 0) is 0 Å². The second kappa shape index (κ2) is 6.75. The Labute approximate surface area is 162 Å². The quantitative estimate of drug-likeness (QED) is 0.387. The number of hydrogen-bond donors (Lipinski definition) is 1. The third-order valence-electron chi connectivity index (χ3n) is 3.88. The van der Waals surface area contributed by atoms with E-state index in [-0.39, 0.29) is 0 Å². The summed E-state index contributed by atoms with van der Waals surface area (Å²) in [7, 11) is 0. The summed E-state index contributed by atoms with van der Waals surface area (Å²) in [5.41, 5.74) is 3.21. The van der Waals surface area contributed by atoms with E-state index in [1.54, 1.807) is 17.7 Å². The molecule has 4 rings (SSSR count). The van der Waals surface area contributed by atoms with Crippen molar-refractivity contribution in [2.45, 2.75) is 6.92 Å². The Bertz CT molecular complexity index is 1060. The van der Waals surface area contributed by atoms with Crippen molar-refractivity contribution >= 4 is 60.6 Å². The van der Waals surface area contributed by atoms with Crippen molar-refractivity contribution in [2.75, 3.05) is 5.32 Å². The third-order valence-corrected chi connectivity index (χ3v) is 5.66. The van der Waals surface area contributed by atoms with E-state index in [1.807, 2.05) is 36.4 Å². The van der Waals surface area contributed by atoms with Gasteiger partial charge in [0.05, 0.1) is 5.39 Å². The Hall–Kier alpha value is -1.95. The number of nitrogens with one attached hydrogen (secondary N) is 1. The van der Waals surface area contributed by atoms with Crippen LogP contribution in [0.1, 0.15) is 4.88 Å². The predicted octanol–water partition coefficient (Wildman–Crippen LogP) is 6.83. The number of hydrogen-bond acceptors (Lipinski definition) is 4. The second-order valence-corrected chi connectivity index (χ2v) is 8.13. The summed E-state index contributed by atoms with van der Waals surface area (Å²) >= 11 is 11.3. The molecule has 0 fully saturated rings. The Morgan fingerprint density at radius 2 is 1.88 bits per heavy atom. The van der Waals surface area contributed by atoms with E-state index in [0.717, 1.165) is 37.3 Å². The van der Waals surface area contributed by atoms with Crippen LogP contribution in [0.15, 0.2) is 59.3 Å². The van der Waals surface area contributed by atoms with Crippen LogP contribution in [0.4, 0.5) is 11.5 Å². The van der Waals surface area contributed by atoms with Gasteiger partial charge in [-0.2, -0.15) is 0 Å². The molecular formula is C19H13BrClN3S. The maximum atomic E-state index is 6.10. The van der Waals surface area contributed by atoms with Gasteiger partial charge in [-0.1, -0.05) is 45.7 Å². The number of anilines is 2. The Morgan fingerprint density at radius 1 is 1.08 bits per heavy atom. The first-order valence-corrected chi connectivity index (χ1v) is 9.63. The number of benzene rings is 2. The van der Waals surface area contributed by atoms with Crippen LogP contribution in [0.25, 0.3) is 21.3 Å². The lowest BCUT2D eigenvalue weighted by Crippen LogP contribution is -1.95. The second-order valence-electron chi connectivity index (χ2n) is 5.58. The molecule has 0 aliphatic rings. The molecule has 4 aromatic rings. The minimum Gasteiger partial charge on any atom is -0.340 e. The standard InChI is InChI=1S/C19H13BrClN3S/c1-11-16(12-5-7-13(20)8-6-12)17-18(22-10-23-19(17)25-11)24-15-4-2-3-14(21)9-15/h2-10H,1H3,(H,22,23,24). The minimum absolute atomic E-state index is 0.685. The largest absolute Gasteiger partial charge is 0.340 e. The molecule has 0 atom stereocenters. The van der Waals surface area contributed by atoms with Crippen molar-refractivity contribution in [3.63, 3.8) is 0 Å². The van der Waals surface area contributed by atoms with Gasteiger partial charge in [-0.3, -0.25) is 0 Å². The van der Waals surface area contributed by atoms with Crippen LogP contribution >= 0.6 is 38.9 Å². The van der Waals surface area contributed by atoms with Gasteiger partial charge in [0.1, 0.15) is 17.0 Å². The van der Waals surface area contributed by atoms with Crippen molar-refractivity contribution in [3.8, 4) is 11.1 Å². The van der Waals surface area contributed by atoms with Crippen molar-refractivity contribution in [1.29, 1.82) is 0 Å². The zero-order valence-corrected chi connectivity index (χ0v) is 16.4. The van der Waals surface area contributed by atoms with Crippen LogP contribution in [-0.4, -0.2) is 9.97 Å². The molecule has 0 aliphatic carbocycles. The maximum absolute atomic E-state index is 6.10. The molecule has 0 amide bonds. The molecule has 0 spiro atoms. The van der Waals surface area contributed by atoms with Gasteiger partial charge in [0.2, 0.25) is 0 Å². The summed E-state index contributed by atoms with van der Waals surface area (Å²) in [5.74, 6) is 0.787. The van der Waals surface area contributed by atoms with Gasteiger partial charge >= 0.3 is 0 Å². The van der Waals surface area contributed by atoms with Crippen molar-refractivity contribution in [3.05, 3.63) is 69.2 Å². The summed E-state index contributed by atoms with van der Waals surface area (Å²) in [6, 6.07) is 15.9. The molecule has 0 saturated carbocycles. The van der Waals surface area contributed by atoms with Crippen LogP contribution < -0.4 is 5.32 Å². The SMILES string of the molecule is Cc1sc2ncnc(Nc3cccc(Cl)c3)c2c1-c1ccc(Br)cc1. The van der Waals surface area contributed by atoms with E-state index in [1.165, 1.54) is 4.88 Å². The highest BCUT2D eigenvalue weighted by Crippen LogP contribution is 2.41. The fourth-order valence-corrected chi connectivity index (χ4v) is 4.27. The number of aromatic nitrogens is 2. The summed E-state index contributed by atoms with van der Waals surface area (Å²) in [6.07, 6.45) is 1.59. The number of fused-ring (bicyclic) bond motifs is 1. The summed E-state index contributed by atoms with van der Waals surface area (Å²) in [4.78, 5) is 11.1. The number of aryl methyl sites for hydroxylation is 1. The molecule has 0 unspecified atom stereocenters. The monoisotopic (exact) mass is 429 g/mol. The van der Waals surface area contributed by atoms with Crippen LogP contribution in [0.2, 0.25) is 5.02 Å². The first-order chi connectivity index (χ1) is 12.1. The van der Waals surface area contributed by atoms with E-state index >= 15 is 0 Å². The van der Waals surface area contributed by atoms with Gasteiger partial charge in [-0.25, -0.2) is 9.97 Å². The van der Waals surface area contributed by atoms with Crippen LogP contribution in [0.3, 0.4) is 0 Å². The molecule has 1 N–H and O–H groups in total. The lowest BCUT2D eigenvalue weighted by atomic mass is 10.0. The molecule has 0 saturated heterocycles. The molecule has 6 heteroatoms. The van der Waals surface area contributed by atoms with Gasteiger partial charge < -0.3 is 5.32 Å². The van der Waals surface area contributed by atoms with Crippen molar-refractivity contribution in [2.24, 2.45) is 0 Å². The molecule has 0 aliphatic heterocycles. The topological polar surface area (TPSA) is 37.8 Å². The maximum Gasteiger partial charge on any atom is 0.143 e. The zero-order chi connectivity index (χ0) is 17.4. The third kappa shape index (κ3) is 3.27. The van der Waals surface area contributed by atoms with E-state index < -0.39 is 0 Å². The lowest BCUT2D eigenvalue weighted by molar-refractivity contribution is 1.23. The van der Waals surface area contributed by atoms with Gasteiger partial charge in [0.15, 0.2) is 0 Å². The molecule has 2 aromatic carbocycles. The van der Waals surface area contributed by atoms with Crippen molar-refractivity contribution < 1.29 is 0 Å². The van der Waals surface area contributed by atoms with Crippen molar-refractivity contribution in [1.82, 2.24) is 9.97 Å². The van der Waals surface area contributed by atoms with Crippen LogP contribution in [0, 0.1) is 6.92 Å². The highest BCUT2D eigenvalue weighted by Gasteiger charge is 2.17. The molecule has 2 aromatic heterocycles. The highest BCUT2D eigenvalue weighted by molar-refractivity contribution is 9.10. The molecule has 0 radical (unpaired) electrons. The number of halogens is 2. The molecule has 0 bridgehead atoms. The minimum atomic E-state index is 0.685. The average molecular weight is 431 g/mol. The number of thiophene rings is 1. The predicted molar refractivity (Wildman–Crippen MR) is 110 cm³/mol. The number of rotatable bonds is 3. The molecular weight excluding hydrogens is 418 g/mol. The average Bonchev–Trinajstić information content (AvgIpc) is 2.93. The van der Waals surface area contributed by atoms with Gasteiger partial charge in [0.25, 0.3) is 0 Å². The first kappa shape index (κ1) is 16.5. The summed E-state index contributed by atoms with van der Waals surface area (Å²) < 4.78 is 1.06. The smallest absolute Gasteiger partial charge is 0.143 e. The fourth-order valence-electron chi connectivity index (χ4n) is 2.81. The van der Waals surface area contributed by atoms with Crippen LogP contribution in [0.5, 0.6) is 0 Å². The summed E-state index contributed by atoms with van der Waals surface area (Å²) in [5, 5.41) is 5.10. The zero-order valence-electron chi connectivity index (χ0n) is 13.3. The van der Waals surface area contributed by atoms with E-state index in [0.29, 0.717) is 5.02 Å².